The SMILES string of the molecule is CCCC(C)(CCC)OOc1cccc(C(C)C)c1. The highest BCUT2D eigenvalue weighted by Crippen LogP contribution is 2.26. The van der Waals surface area contributed by atoms with Crippen LogP contribution in [0.2, 0.25) is 0 Å². The Morgan fingerprint density at radius 3 is 2.26 bits per heavy atom. The van der Waals surface area contributed by atoms with E-state index in [1.807, 2.05) is 12.1 Å². The second kappa shape index (κ2) is 7.54. The number of hydrogen-bond donors (Lipinski definition) is 0. The van der Waals surface area contributed by atoms with E-state index < -0.39 is 0 Å². The molecule has 0 bridgehead atoms. The van der Waals surface area contributed by atoms with Gasteiger partial charge in [-0.05, 0) is 43.4 Å². The third-order valence-corrected chi connectivity index (χ3v) is 3.42. The monoisotopic (exact) mass is 264 g/mol. The van der Waals surface area contributed by atoms with Crippen LogP contribution >= 0.6 is 0 Å². The molecular formula is C17H28O2. The van der Waals surface area contributed by atoms with E-state index >= 15 is 0 Å². The van der Waals surface area contributed by atoms with Crippen LogP contribution in [0.4, 0.5) is 0 Å². The van der Waals surface area contributed by atoms with Crippen molar-refractivity contribution in [2.24, 2.45) is 0 Å². The van der Waals surface area contributed by atoms with Crippen molar-refractivity contribution in [2.45, 2.75) is 71.8 Å². The highest BCUT2D eigenvalue weighted by Gasteiger charge is 2.25. The lowest BCUT2D eigenvalue weighted by atomic mass is 9.95. The van der Waals surface area contributed by atoms with Crippen LogP contribution in [0.3, 0.4) is 0 Å². The van der Waals surface area contributed by atoms with E-state index in [4.69, 9.17) is 9.78 Å². The fourth-order valence-corrected chi connectivity index (χ4v) is 2.34. The summed E-state index contributed by atoms with van der Waals surface area (Å²) in [7, 11) is 0. The third-order valence-electron chi connectivity index (χ3n) is 3.42. The van der Waals surface area contributed by atoms with E-state index in [0.717, 1.165) is 31.4 Å². The summed E-state index contributed by atoms with van der Waals surface area (Å²) in [5, 5.41) is 0. The molecule has 0 saturated carbocycles. The summed E-state index contributed by atoms with van der Waals surface area (Å²) >= 11 is 0. The molecule has 0 aliphatic heterocycles. The topological polar surface area (TPSA) is 18.5 Å². The Balaban J connectivity index is 2.66. The lowest BCUT2D eigenvalue weighted by Gasteiger charge is -2.27. The van der Waals surface area contributed by atoms with Crippen LogP contribution in [0.25, 0.3) is 0 Å². The van der Waals surface area contributed by atoms with Crippen molar-refractivity contribution in [3.63, 3.8) is 0 Å². The van der Waals surface area contributed by atoms with Gasteiger partial charge in [-0.3, -0.25) is 0 Å². The van der Waals surface area contributed by atoms with E-state index in [2.05, 4.69) is 46.8 Å². The molecule has 0 fully saturated rings. The minimum atomic E-state index is -0.183. The molecule has 0 atom stereocenters. The van der Waals surface area contributed by atoms with Gasteiger partial charge < -0.3 is 4.89 Å². The van der Waals surface area contributed by atoms with Gasteiger partial charge in [-0.15, -0.1) is 0 Å². The molecule has 1 rings (SSSR count). The van der Waals surface area contributed by atoms with E-state index in [1.54, 1.807) is 0 Å². The van der Waals surface area contributed by atoms with Crippen molar-refractivity contribution >= 4 is 0 Å². The van der Waals surface area contributed by atoms with Crippen LogP contribution in [0.1, 0.15) is 71.8 Å². The van der Waals surface area contributed by atoms with Gasteiger partial charge in [0.25, 0.3) is 0 Å². The molecule has 0 unspecified atom stereocenters. The van der Waals surface area contributed by atoms with Gasteiger partial charge in [0.15, 0.2) is 5.75 Å². The minimum Gasteiger partial charge on any atom is -0.337 e. The van der Waals surface area contributed by atoms with Crippen LogP contribution in [-0.4, -0.2) is 5.60 Å². The Morgan fingerprint density at radius 2 is 1.74 bits per heavy atom. The second-order valence-electron chi connectivity index (χ2n) is 5.84. The fourth-order valence-electron chi connectivity index (χ4n) is 2.34. The quantitative estimate of drug-likeness (QED) is 0.457. The minimum absolute atomic E-state index is 0.183. The Kier molecular flexibility index (Phi) is 6.36. The average molecular weight is 264 g/mol. The van der Waals surface area contributed by atoms with Crippen LogP contribution < -0.4 is 4.89 Å². The standard InChI is InChI=1S/C17H28O2/c1-6-11-17(5,12-7-2)19-18-16-10-8-9-15(13-16)14(3)4/h8-10,13-14H,6-7,11-12H2,1-5H3. The van der Waals surface area contributed by atoms with Crippen LogP contribution in [-0.2, 0) is 4.89 Å². The first-order valence-corrected chi connectivity index (χ1v) is 7.46. The molecule has 0 radical (unpaired) electrons. The van der Waals surface area contributed by atoms with Gasteiger partial charge in [-0.1, -0.05) is 52.7 Å². The summed E-state index contributed by atoms with van der Waals surface area (Å²) in [6.07, 6.45) is 4.24. The molecule has 0 heterocycles. The van der Waals surface area contributed by atoms with Gasteiger partial charge in [-0.25, -0.2) is 0 Å². The van der Waals surface area contributed by atoms with Crippen molar-refractivity contribution in [3.8, 4) is 5.75 Å². The van der Waals surface area contributed by atoms with Gasteiger partial charge in [0.05, 0.1) is 0 Å². The lowest BCUT2D eigenvalue weighted by molar-refractivity contribution is -0.290. The fraction of sp³-hybridized carbons (Fsp3) is 0.647. The first-order valence-electron chi connectivity index (χ1n) is 7.46. The summed E-state index contributed by atoms with van der Waals surface area (Å²) in [5.74, 6) is 1.30. The van der Waals surface area contributed by atoms with E-state index in [0.29, 0.717) is 5.92 Å². The summed E-state index contributed by atoms with van der Waals surface area (Å²) in [6, 6.07) is 8.15. The third kappa shape index (κ3) is 5.23. The van der Waals surface area contributed by atoms with Crippen LogP contribution in [0, 0.1) is 0 Å². The van der Waals surface area contributed by atoms with Gasteiger partial charge in [0.2, 0.25) is 0 Å². The lowest BCUT2D eigenvalue weighted by Crippen LogP contribution is -2.30. The van der Waals surface area contributed by atoms with Crippen molar-refractivity contribution in [1.29, 1.82) is 0 Å². The number of benzene rings is 1. The molecule has 0 aliphatic carbocycles. The van der Waals surface area contributed by atoms with Crippen molar-refractivity contribution in [3.05, 3.63) is 29.8 Å². The smallest absolute Gasteiger partial charge is 0.165 e. The van der Waals surface area contributed by atoms with Crippen LogP contribution in [0.15, 0.2) is 24.3 Å². The van der Waals surface area contributed by atoms with Gasteiger partial charge in [0.1, 0.15) is 5.60 Å². The number of rotatable bonds is 8. The molecule has 108 valence electrons. The molecule has 1 aromatic carbocycles. The molecule has 0 amide bonds. The van der Waals surface area contributed by atoms with E-state index in [9.17, 15) is 0 Å². The normalized spacial score (nSPS) is 11.9. The largest absolute Gasteiger partial charge is 0.337 e. The zero-order valence-electron chi connectivity index (χ0n) is 13.0. The molecule has 19 heavy (non-hydrogen) atoms. The molecule has 0 saturated heterocycles. The molecule has 0 N–H and O–H groups in total. The molecule has 2 nitrogen and oxygen atoms in total. The summed E-state index contributed by atoms with van der Waals surface area (Å²) in [6.45, 7) is 10.8. The van der Waals surface area contributed by atoms with E-state index in [1.165, 1.54) is 5.56 Å². The zero-order chi connectivity index (χ0) is 14.3. The van der Waals surface area contributed by atoms with E-state index in [-0.39, 0.29) is 5.60 Å². The van der Waals surface area contributed by atoms with Crippen molar-refractivity contribution < 1.29 is 9.78 Å². The predicted molar refractivity (Wildman–Crippen MR) is 80.5 cm³/mol. The van der Waals surface area contributed by atoms with Gasteiger partial charge >= 0.3 is 0 Å². The van der Waals surface area contributed by atoms with Crippen LogP contribution in [0.5, 0.6) is 5.75 Å². The Labute approximate surface area is 118 Å². The molecular weight excluding hydrogens is 236 g/mol. The summed E-state index contributed by atoms with van der Waals surface area (Å²) in [5.41, 5.74) is 1.09. The molecule has 0 aromatic heterocycles. The van der Waals surface area contributed by atoms with Gasteiger partial charge in [0, 0.05) is 0 Å². The zero-order valence-corrected chi connectivity index (χ0v) is 13.0. The van der Waals surface area contributed by atoms with Crippen molar-refractivity contribution in [2.75, 3.05) is 0 Å². The number of hydrogen-bond acceptors (Lipinski definition) is 2. The summed E-state index contributed by atoms with van der Waals surface area (Å²) < 4.78 is 0. The maximum absolute atomic E-state index is 5.73. The first-order chi connectivity index (χ1) is 9.00. The second-order valence-corrected chi connectivity index (χ2v) is 5.84. The Bertz CT molecular complexity index is 365. The van der Waals surface area contributed by atoms with Gasteiger partial charge in [-0.2, -0.15) is 4.89 Å². The Morgan fingerprint density at radius 1 is 1.11 bits per heavy atom. The Hall–Kier alpha value is -1.02. The highest BCUT2D eigenvalue weighted by molar-refractivity contribution is 5.29. The van der Waals surface area contributed by atoms with Crippen molar-refractivity contribution in [1.82, 2.24) is 0 Å². The maximum atomic E-state index is 5.73. The predicted octanol–water partition coefficient (Wildman–Crippen LogP) is 5.48. The highest BCUT2D eigenvalue weighted by atomic mass is 17.2. The molecule has 1 aromatic rings. The average Bonchev–Trinajstić information content (AvgIpc) is 2.37. The molecule has 0 aliphatic rings. The maximum Gasteiger partial charge on any atom is 0.165 e. The first kappa shape index (κ1) is 16.0. The summed E-state index contributed by atoms with van der Waals surface area (Å²) in [4.78, 5) is 11.3. The molecule has 2 heteroatoms. The molecule has 0 spiro atoms.